The number of hydrogen-bond donors (Lipinski definition) is 0. The van der Waals surface area contributed by atoms with Gasteiger partial charge in [0, 0.05) is 6.54 Å². The lowest BCUT2D eigenvalue weighted by molar-refractivity contribution is -0.137. The van der Waals surface area contributed by atoms with Crippen LogP contribution in [0.2, 0.25) is 0 Å². The van der Waals surface area contributed by atoms with E-state index >= 15 is 0 Å². The Kier molecular flexibility index (Phi) is 5.85. The van der Waals surface area contributed by atoms with E-state index in [-0.39, 0.29) is 0 Å². The number of para-hydroxylation sites is 1. The van der Waals surface area contributed by atoms with Gasteiger partial charge in [0.05, 0.1) is 11.1 Å². The molecule has 4 nitrogen and oxygen atoms in total. The average molecular weight is 402 g/mol. The minimum absolute atomic E-state index is 0.357. The number of piperidine rings is 1. The van der Waals surface area contributed by atoms with Crippen molar-refractivity contribution in [1.82, 2.24) is 19.9 Å². The van der Waals surface area contributed by atoms with Gasteiger partial charge in [0.15, 0.2) is 0 Å². The fourth-order valence-corrected chi connectivity index (χ4v) is 4.11. The molecule has 0 radical (unpaired) electrons. The first-order chi connectivity index (χ1) is 14.0. The zero-order valence-electron chi connectivity index (χ0n) is 16.3. The molecular weight excluding hydrogens is 377 g/mol. The van der Waals surface area contributed by atoms with Crippen molar-refractivity contribution in [3.05, 3.63) is 59.7 Å². The van der Waals surface area contributed by atoms with Gasteiger partial charge in [-0.05, 0) is 81.1 Å². The van der Waals surface area contributed by atoms with E-state index in [0.29, 0.717) is 5.92 Å². The van der Waals surface area contributed by atoms with Crippen molar-refractivity contribution in [3.8, 4) is 0 Å². The summed E-state index contributed by atoms with van der Waals surface area (Å²) in [5, 5.41) is 8.41. The molecule has 2 heterocycles. The third kappa shape index (κ3) is 4.78. The average Bonchev–Trinajstić information content (AvgIpc) is 3.14. The van der Waals surface area contributed by atoms with E-state index in [1.165, 1.54) is 12.1 Å². The molecule has 154 valence electrons. The summed E-state index contributed by atoms with van der Waals surface area (Å²) in [6.45, 7) is 3.91. The maximum atomic E-state index is 12.7. The second kappa shape index (κ2) is 8.53. The first-order valence-corrected chi connectivity index (χ1v) is 10.2. The minimum atomic E-state index is -4.26. The van der Waals surface area contributed by atoms with Gasteiger partial charge in [0.25, 0.3) is 0 Å². The molecule has 0 aliphatic carbocycles. The maximum Gasteiger partial charge on any atom is 0.416 e. The molecule has 1 fully saturated rings. The lowest BCUT2D eigenvalue weighted by Gasteiger charge is -2.32. The molecule has 0 amide bonds. The molecule has 3 aromatic rings. The summed E-state index contributed by atoms with van der Waals surface area (Å²) >= 11 is 0. The molecule has 1 saturated heterocycles. The Morgan fingerprint density at radius 1 is 0.897 bits per heavy atom. The van der Waals surface area contributed by atoms with Crippen LogP contribution in [-0.4, -0.2) is 39.5 Å². The third-order valence-corrected chi connectivity index (χ3v) is 5.81. The third-order valence-electron chi connectivity index (χ3n) is 5.81. The Balaban J connectivity index is 1.20. The highest BCUT2D eigenvalue weighted by Gasteiger charge is 2.30. The van der Waals surface area contributed by atoms with Gasteiger partial charge in [0.1, 0.15) is 5.52 Å². The van der Waals surface area contributed by atoms with E-state index in [1.807, 2.05) is 28.9 Å². The zero-order chi connectivity index (χ0) is 20.3. The van der Waals surface area contributed by atoms with Crippen molar-refractivity contribution in [2.45, 2.75) is 44.3 Å². The van der Waals surface area contributed by atoms with Crippen molar-refractivity contribution in [2.75, 3.05) is 19.6 Å². The van der Waals surface area contributed by atoms with E-state index in [9.17, 15) is 13.2 Å². The largest absolute Gasteiger partial charge is 0.416 e. The molecule has 0 unspecified atom stereocenters. The topological polar surface area (TPSA) is 34.0 Å². The molecule has 7 heteroatoms. The van der Waals surface area contributed by atoms with Crippen molar-refractivity contribution in [3.63, 3.8) is 0 Å². The molecule has 29 heavy (non-hydrogen) atoms. The Bertz CT molecular complexity index is 925. The Labute approximate surface area is 168 Å². The number of likely N-dealkylation sites (tertiary alicyclic amines) is 1. The SMILES string of the molecule is FC(F)(F)c1ccc(C2CCN(CCCCn3nnc4ccccc43)CC2)cc1. The predicted octanol–water partition coefficient (Wildman–Crippen LogP) is 5.11. The van der Waals surface area contributed by atoms with Gasteiger partial charge in [-0.15, -0.1) is 5.10 Å². The lowest BCUT2D eigenvalue weighted by Crippen LogP contribution is -2.33. The van der Waals surface area contributed by atoms with E-state index in [2.05, 4.69) is 15.2 Å². The Morgan fingerprint density at radius 2 is 1.59 bits per heavy atom. The van der Waals surface area contributed by atoms with Crippen LogP contribution in [0.3, 0.4) is 0 Å². The van der Waals surface area contributed by atoms with Crippen LogP contribution in [0.25, 0.3) is 11.0 Å². The van der Waals surface area contributed by atoms with Crippen LogP contribution in [0.4, 0.5) is 13.2 Å². The lowest BCUT2D eigenvalue weighted by atomic mass is 9.89. The zero-order valence-corrected chi connectivity index (χ0v) is 16.3. The van der Waals surface area contributed by atoms with Gasteiger partial charge in [-0.1, -0.05) is 29.5 Å². The van der Waals surface area contributed by atoms with Gasteiger partial charge in [-0.25, -0.2) is 4.68 Å². The molecule has 2 aromatic carbocycles. The van der Waals surface area contributed by atoms with Crippen molar-refractivity contribution >= 4 is 11.0 Å². The molecule has 1 aliphatic heterocycles. The van der Waals surface area contributed by atoms with Crippen LogP contribution in [0, 0.1) is 0 Å². The molecule has 4 rings (SSSR count). The number of aromatic nitrogens is 3. The summed E-state index contributed by atoms with van der Waals surface area (Å²) in [7, 11) is 0. The first kappa shape index (κ1) is 19.9. The van der Waals surface area contributed by atoms with Crippen LogP contribution in [0.1, 0.15) is 42.7 Å². The van der Waals surface area contributed by atoms with Crippen LogP contribution in [0.5, 0.6) is 0 Å². The molecule has 0 N–H and O–H groups in total. The maximum absolute atomic E-state index is 12.7. The summed E-state index contributed by atoms with van der Waals surface area (Å²) < 4.78 is 40.1. The van der Waals surface area contributed by atoms with E-state index in [0.717, 1.165) is 68.5 Å². The predicted molar refractivity (Wildman–Crippen MR) is 107 cm³/mol. The van der Waals surface area contributed by atoms with Crippen LogP contribution >= 0.6 is 0 Å². The fraction of sp³-hybridized carbons (Fsp3) is 0.455. The molecular formula is C22H25F3N4. The van der Waals surface area contributed by atoms with E-state index in [4.69, 9.17) is 0 Å². The summed E-state index contributed by atoms with van der Waals surface area (Å²) in [6, 6.07) is 13.7. The Hall–Kier alpha value is -2.41. The Morgan fingerprint density at radius 3 is 2.31 bits per heavy atom. The number of fused-ring (bicyclic) bond motifs is 1. The van der Waals surface area contributed by atoms with E-state index in [1.54, 1.807) is 12.1 Å². The summed E-state index contributed by atoms with van der Waals surface area (Å²) in [5.41, 5.74) is 2.46. The van der Waals surface area contributed by atoms with Crippen LogP contribution in [0.15, 0.2) is 48.5 Å². The standard InChI is InChI=1S/C22H25F3N4/c23-22(24,25)19-9-7-17(8-10-19)18-11-15-28(16-12-18)13-3-4-14-29-21-6-2-1-5-20(21)26-27-29/h1-2,5-10,18H,3-4,11-16H2. The summed E-state index contributed by atoms with van der Waals surface area (Å²) in [5.74, 6) is 0.357. The van der Waals surface area contributed by atoms with Gasteiger partial charge >= 0.3 is 6.18 Å². The number of nitrogens with zero attached hydrogens (tertiary/aromatic N) is 4. The summed E-state index contributed by atoms with van der Waals surface area (Å²) in [4.78, 5) is 2.46. The highest BCUT2D eigenvalue weighted by molar-refractivity contribution is 5.73. The van der Waals surface area contributed by atoms with Crippen molar-refractivity contribution < 1.29 is 13.2 Å². The monoisotopic (exact) mass is 402 g/mol. The first-order valence-electron chi connectivity index (χ1n) is 10.2. The van der Waals surface area contributed by atoms with Crippen LogP contribution < -0.4 is 0 Å². The van der Waals surface area contributed by atoms with Crippen molar-refractivity contribution in [1.29, 1.82) is 0 Å². The number of halogens is 3. The number of hydrogen-bond acceptors (Lipinski definition) is 3. The van der Waals surface area contributed by atoms with Gasteiger partial charge in [0.2, 0.25) is 0 Å². The normalized spacial score (nSPS) is 16.5. The quantitative estimate of drug-likeness (QED) is 0.538. The smallest absolute Gasteiger partial charge is 0.303 e. The van der Waals surface area contributed by atoms with Gasteiger partial charge in [-0.3, -0.25) is 0 Å². The minimum Gasteiger partial charge on any atom is -0.303 e. The highest BCUT2D eigenvalue weighted by Crippen LogP contribution is 2.32. The molecule has 1 aliphatic rings. The summed E-state index contributed by atoms with van der Waals surface area (Å²) in [6.07, 6.45) is -0.121. The molecule has 1 aromatic heterocycles. The number of alkyl halides is 3. The molecule has 0 spiro atoms. The number of rotatable bonds is 6. The number of benzene rings is 2. The van der Waals surface area contributed by atoms with Gasteiger partial charge in [-0.2, -0.15) is 13.2 Å². The second-order valence-electron chi connectivity index (χ2n) is 7.74. The molecule has 0 saturated carbocycles. The highest BCUT2D eigenvalue weighted by atomic mass is 19.4. The molecule has 0 bridgehead atoms. The number of aryl methyl sites for hydroxylation is 1. The van der Waals surface area contributed by atoms with Crippen molar-refractivity contribution in [2.24, 2.45) is 0 Å². The van der Waals surface area contributed by atoms with Crippen LogP contribution in [-0.2, 0) is 12.7 Å². The number of unbranched alkanes of at least 4 members (excludes halogenated alkanes) is 1. The molecule has 0 atom stereocenters. The fourth-order valence-electron chi connectivity index (χ4n) is 4.11. The van der Waals surface area contributed by atoms with Gasteiger partial charge < -0.3 is 4.90 Å². The second-order valence-corrected chi connectivity index (χ2v) is 7.74. The van der Waals surface area contributed by atoms with E-state index < -0.39 is 11.7 Å².